The second-order valence-corrected chi connectivity index (χ2v) is 5.28. The van der Waals surface area contributed by atoms with Crippen LogP contribution in [0, 0.1) is 12.7 Å². The Labute approximate surface area is 125 Å². The van der Waals surface area contributed by atoms with E-state index in [1.54, 1.807) is 12.1 Å². The van der Waals surface area contributed by atoms with Crippen molar-refractivity contribution >= 4 is 33.6 Å². The van der Waals surface area contributed by atoms with Gasteiger partial charge in [0.05, 0.1) is 5.69 Å². The number of aryl methyl sites for hydroxylation is 1. The van der Waals surface area contributed by atoms with Crippen LogP contribution in [0.15, 0.2) is 53.0 Å². The molecule has 102 valence electrons. The number of amides is 1. The van der Waals surface area contributed by atoms with Gasteiger partial charge in [-0.05, 0) is 36.8 Å². The van der Waals surface area contributed by atoms with Crippen LogP contribution in [0.4, 0.5) is 10.1 Å². The van der Waals surface area contributed by atoms with Crippen molar-refractivity contribution in [3.8, 4) is 0 Å². The molecule has 4 heteroatoms. The molecular formula is C16H13BrFNO. The smallest absolute Gasteiger partial charge is 0.248 e. The first-order valence-electron chi connectivity index (χ1n) is 6.05. The van der Waals surface area contributed by atoms with E-state index in [0.29, 0.717) is 4.47 Å². The number of carbonyl (C=O) groups is 1. The maximum absolute atomic E-state index is 13.6. The SMILES string of the molecule is Cc1cccc(/C=C/C(=O)Nc2ccc(Br)cc2F)c1. The van der Waals surface area contributed by atoms with E-state index in [9.17, 15) is 9.18 Å². The third kappa shape index (κ3) is 4.03. The van der Waals surface area contributed by atoms with E-state index in [1.807, 2.05) is 31.2 Å². The highest BCUT2D eigenvalue weighted by molar-refractivity contribution is 9.10. The van der Waals surface area contributed by atoms with Gasteiger partial charge < -0.3 is 5.32 Å². The molecule has 1 N–H and O–H groups in total. The van der Waals surface area contributed by atoms with E-state index in [0.717, 1.165) is 11.1 Å². The fourth-order valence-corrected chi connectivity index (χ4v) is 2.04. The number of anilines is 1. The topological polar surface area (TPSA) is 29.1 Å². The second kappa shape index (κ2) is 6.48. The molecule has 0 atom stereocenters. The predicted octanol–water partition coefficient (Wildman–Crippen LogP) is 4.55. The van der Waals surface area contributed by atoms with Gasteiger partial charge in [-0.25, -0.2) is 4.39 Å². The van der Waals surface area contributed by atoms with Gasteiger partial charge in [-0.1, -0.05) is 45.8 Å². The van der Waals surface area contributed by atoms with Gasteiger partial charge in [-0.2, -0.15) is 0 Å². The van der Waals surface area contributed by atoms with Crippen molar-refractivity contribution in [1.29, 1.82) is 0 Å². The zero-order chi connectivity index (χ0) is 14.5. The van der Waals surface area contributed by atoms with E-state index >= 15 is 0 Å². The van der Waals surface area contributed by atoms with Gasteiger partial charge in [0.1, 0.15) is 5.82 Å². The van der Waals surface area contributed by atoms with E-state index < -0.39 is 5.82 Å². The van der Waals surface area contributed by atoms with Gasteiger partial charge in [0.15, 0.2) is 0 Å². The van der Waals surface area contributed by atoms with Gasteiger partial charge in [-0.15, -0.1) is 0 Å². The molecule has 0 spiro atoms. The van der Waals surface area contributed by atoms with Crippen LogP contribution in [0.5, 0.6) is 0 Å². The normalized spacial score (nSPS) is 10.8. The molecule has 0 saturated heterocycles. The Morgan fingerprint density at radius 1 is 1.25 bits per heavy atom. The summed E-state index contributed by atoms with van der Waals surface area (Å²) >= 11 is 3.16. The van der Waals surface area contributed by atoms with Gasteiger partial charge in [-0.3, -0.25) is 4.79 Å². The molecule has 0 radical (unpaired) electrons. The standard InChI is InChI=1S/C16H13BrFNO/c1-11-3-2-4-12(9-11)5-8-16(20)19-15-7-6-13(17)10-14(15)18/h2-10H,1H3,(H,19,20)/b8-5+. The number of benzene rings is 2. The minimum Gasteiger partial charge on any atom is -0.320 e. The summed E-state index contributed by atoms with van der Waals surface area (Å²) in [6.07, 6.45) is 3.08. The molecule has 1 amide bonds. The molecule has 0 bridgehead atoms. The molecular weight excluding hydrogens is 321 g/mol. The molecule has 2 aromatic rings. The highest BCUT2D eigenvalue weighted by atomic mass is 79.9. The van der Waals surface area contributed by atoms with E-state index in [2.05, 4.69) is 21.2 Å². The Balaban J connectivity index is 2.05. The largest absolute Gasteiger partial charge is 0.320 e. The van der Waals surface area contributed by atoms with Crippen molar-refractivity contribution in [3.05, 3.63) is 70.0 Å². The summed E-state index contributed by atoms with van der Waals surface area (Å²) in [5.74, 6) is -0.843. The Bertz CT molecular complexity index is 667. The lowest BCUT2D eigenvalue weighted by Gasteiger charge is -2.04. The summed E-state index contributed by atoms with van der Waals surface area (Å²) in [4.78, 5) is 11.7. The summed E-state index contributed by atoms with van der Waals surface area (Å²) in [6, 6.07) is 12.2. The monoisotopic (exact) mass is 333 g/mol. The average molecular weight is 334 g/mol. The lowest BCUT2D eigenvalue weighted by Crippen LogP contribution is -2.09. The van der Waals surface area contributed by atoms with E-state index in [-0.39, 0.29) is 11.6 Å². The lowest BCUT2D eigenvalue weighted by molar-refractivity contribution is -0.111. The molecule has 2 nitrogen and oxygen atoms in total. The first kappa shape index (κ1) is 14.5. The van der Waals surface area contributed by atoms with Crippen LogP contribution < -0.4 is 5.32 Å². The molecule has 0 heterocycles. The van der Waals surface area contributed by atoms with Crippen LogP contribution >= 0.6 is 15.9 Å². The zero-order valence-electron chi connectivity index (χ0n) is 10.9. The van der Waals surface area contributed by atoms with E-state index in [4.69, 9.17) is 0 Å². The molecule has 0 aliphatic heterocycles. The molecule has 2 aromatic carbocycles. The Morgan fingerprint density at radius 2 is 2.05 bits per heavy atom. The molecule has 20 heavy (non-hydrogen) atoms. The fraction of sp³-hybridized carbons (Fsp3) is 0.0625. The van der Waals surface area contributed by atoms with Crippen molar-refractivity contribution in [2.24, 2.45) is 0 Å². The highest BCUT2D eigenvalue weighted by Crippen LogP contribution is 2.19. The van der Waals surface area contributed by atoms with Crippen molar-refractivity contribution < 1.29 is 9.18 Å². The van der Waals surface area contributed by atoms with Gasteiger partial charge in [0.25, 0.3) is 0 Å². The van der Waals surface area contributed by atoms with Crippen molar-refractivity contribution in [2.45, 2.75) is 6.92 Å². The van der Waals surface area contributed by atoms with Crippen LogP contribution in [-0.2, 0) is 4.79 Å². The number of halogens is 2. The van der Waals surface area contributed by atoms with Crippen LogP contribution in [0.1, 0.15) is 11.1 Å². The summed E-state index contributed by atoms with van der Waals surface area (Å²) in [5.41, 5.74) is 2.20. The summed E-state index contributed by atoms with van der Waals surface area (Å²) in [6.45, 7) is 1.98. The van der Waals surface area contributed by atoms with Gasteiger partial charge in [0.2, 0.25) is 5.91 Å². The minimum absolute atomic E-state index is 0.159. The second-order valence-electron chi connectivity index (χ2n) is 4.36. The highest BCUT2D eigenvalue weighted by Gasteiger charge is 2.04. The number of carbonyl (C=O) groups excluding carboxylic acids is 1. The van der Waals surface area contributed by atoms with Crippen LogP contribution in [0.2, 0.25) is 0 Å². The molecule has 0 aliphatic rings. The summed E-state index contributed by atoms with van der Waals surface area (Å²) in [5, 5.41) is 2.50. The Hall–Kier alpha value is -1.94. The minimum atomic E-state index is -0.475. The van der Waals surface area contributed by atoms with Crippen LogP contribution in [0.25, 0.3) is 6.08 Å². The van der Waals surface area contributed by atoms with Crippen LogP contribution in [-0.4, -0.2) is 5.91 Å². The Kier molecular flexibility index (Phi) is 4.69. The Morgan fingerprint density at radius 3 is 2.75 bits per heavy atom. The zero-order valence-corrected chi connectivity index (χ0v) is 12.4. The maximum Gasteiger partial charge on any atom is 0.248 e. The molecule has 2 rings (SSSR count). The van der Waals surface area contributed by atoms with Crippen molar-refractivity contribution in [1.82, 2.24) is 0 Å². The third-order valence-electron chi connectivity index (χ3n) is 2.66. The number of hydrogen-bond donors (Lipinski definition) is 1. The summed E-state index contributed by atoms with van der Waals surface area (Å²) < 4.78 is 14.2. The lowest BCUT2D eigenvalue weighted by atomic mass is 10.1. The molecule has 0 saturated carbocycles. The number of rotatable bonds is 3. The molecule has 0 aromatic heterocycles. The quantitative estimate of drug-likeness (QED) is 0.820. The average Bonchev–Trinajstić information content (AvgIpc) is 2.40. The third-order valence-corrected chi connectivity index (χ3v) is 3.15. The van der Waals surface area contributed by atoms with Crippen molar-refractivity contribution in [3.63, 3.8) is 0 Å². The molecule has 0 aliphatic carbocycles. The first-order chi connectivity index (χ1) is 9.54. The van der Waals surface area contributed by atoms with Gasteiger partial charge in [0, 0.05) is 10.5 Å². The van der Waals surface area contributed by atoms with Gasteiger partial charge >= 0.3 is 0 Å². The summed E-state index contributed by atoms with van der Waals surface area (Å²) in [7, 11) is 0. The number of hydrogen-bond acceptors (Lipinski definition) is 1. The predicted molar refractivity (Wildman–Crippen MR) is 82.9 cm³/mol. The van der Waals surface area contributed by atoms with E-state index in [1.165, 1.54) is 18.2 Å². The van der Waals surface area contributed by atoms with Crippen LogP contribution in [0.3, 0.4) is 0 Å². The fourth-order valence-electron chi connectivity index (χ4n) is 1.71. The first-order valence-corrected chi connectivity index (χ1v) is 6.85. The molecule has 0 fully saturated rings. The molecule has 0 unspecified atom stereocenters. The number of nitrogens with one attached hydrogen (secondary N) is 1. The maximum atomic E-state index is 13.6. The van der Waals surface area contributed by atoms with Crippen molar-refractivity contribution in [2.75, 3.05) is 5.32 Å².